The number of aliphatic hydroxyl groups excluding tert-OH is 1. The Hall–Kier alpha value is -1.67. The zero-order valence-electron chi connectivity index (χ0n) is 11.7. The van der Waals surface area contributed by atoms with Crippen molar-refractivity contribution in [1.82, 2.24) is 0 Å². The van der Waals surface area contributed by atoms with Crippen molar-refractivity contribution in [3.05, 3.63) is 0 Å². The van der Waals surface area contributed by atoms with Gasteiger partial charge in [0, 0.05) is 20.8 Å². The van der Waals surface area contributed by atoms with Gasteiger partial charge in [-0.15, -0.1) is 0 Å². The monoisotopic (exact) mass is 290 g/mol. The Balaban J connectivity index is 3.01. The first kappa shape index (κ1) is 16.4. The summed E-state index contributed by atoms with van der Waals surface area (Å²) in [6.07, 6.45) is -5.60. The van der Waals surface area contributed by atoms with Crippen LogP contribution >= 0.6 is 0 Å². The maximum absolute atomic E-state index is 11.2. The van der Waals surface area contributed by atoms with Crippen molar-refractivity contribution in [2.75, 3.05) is 0 Å². The van der Waals surface area contributed by atoms with Crippen LogP contribution in [0.15, 0.2) is 0 Å². The van der Waals surface area contributed by atoms with Crippen molar-refractivity contribution in [2.45, 2.75) is 58.4 Å². The third-order valence-electron chi connectivity index (χ3n) is 2.65. The Morgan fingerprint density at radius 2 is 1.25 bits per heavy atom. The van der Waals surface area contributed by atoms with E-state index in [9.17, 15) is 19.5 Å². The first-order valence-corrected chi connectivity index (χ1v) is 6.07. The molecule has 1 aliphatic heterocycles. The van der Waals surface area contributed by atoms with Gasteiger partial charge in [0.05, 0.1) is 6.10 Å². The van der Waals surface area contributed by atoms with Gasteiger partial charge in [-0.25, -0.2) is 0 Å². The van der Waals surface area contributed by atoms with Gasteiger partial charge in [0.2, 0.25) is 0 Å². The lowest BCUT2D eigenvalue weighted by Crippen LogP contribution is -2.60. The fraction of sp³-hybridized carbons (Fsp3) is 0.750. The van der Waals surface area contributed by atoms with E-state index in [1.54, 1.807) is 0 Å². The van der Waals surface area contributed by atoms with Crippen LogP contribution in [-0.2, 0) is 33.3 Å². The van der Waals surface area contributed by atoms with Crippen LogP contribution in [0.2, 0.25) is 0 Å². The van der Waals surface area contributed by atoms with Crippen LogP contribution in [-0.4, -0.2) is 53.7 Å². The average molecular weight is 290 g/mol. The van der Waals surface area contributed by atoms with Crippen LogP contribution in [0.4, 0.5) is 0 Å². The molecule has 8 nitrogen and oxygen atoms in total. The molecule has 8 heteroatoms. The molecule has 0 radical (unpaired) electrons. The SMILES string of the molecule is CC(=O)OC1C(O)OC(C)[C@H](OC(C)=O)C1OC(C)=O. The largest absolute Gasteiger partial charge is 0.456 e. The van der Waals surface area contributed by atoms with Gasteiger partial charge in [-0.05, 0) is 6.92 Å². The van der Waals surface area contributed by atoms with E-state index < -0.39 is 48.6 Å². The van der Waals surface area contributed by atoms with E-state index in [1.807, 2.05) is 0 Å². The molecular formula is C12H18O8. The van der Waals surface area contributed by atoms with E-state index in [0.29, 0.717) is 0 Å². The number of carbonyl (C=O) groups excluding carboxylic acids is 3. The number of esters is 3. The second-order valence-corrected chi connectivity index (χ2v) is 4.45. The van der Waals surface area contributed by atoms with Crippen LogP contribution in [0.1, 0.15) is 27.7 Å². The zero-order chi connectivity index (χ0) is 15.4. The summed E-state index contributed by atoms with van der Waals surface area (Å²) in [6.45, 7) is 5.01. The molecule has 0 spiro atoms. The van der Waals surface area contributed by atoms with E-state index in [2.05, 4.69) is 0 Å². The van der Waals surface area contributed by atoms with Crippen molar-refractivity contribution >= 4 is 17.9 Å². The molecule has 0 amide bonds. The van der Waals surface area contributed by atoms with Crippen molar-refractivity contribution in [3.63, 3.8) is 0 Å². The lowest BCUT2D eigenvalue weighted by Gasteiger charge is -2.41. The molecular weight excluding hydrogens is 272 g/mol. The molecule has 0 aromatic heterocycles. The van der Waals surface area contributed by atoms with Gasteiger partial charge in [0.25, 0.3) is 0 Å². The van der Waals surface area contributed by atoms with E-state index >= 15 is 0 Å². The zero-order valence-corrected chi connectivity index (χ0v) is 11.7. The maximum Gasteiger partial charge on any atom is 0.303 e. The molecule has 1 heterocycles. The molecule has 0 aromatic carbocycles. The highest BCUT2D eigenvalue weighted by atomic mass is 16.7. The standard InChI is InChI=1S/C12H18O8/c1-5-9(18-6(2)13)10(19-7(3)14)11(12(16)17-5)20-8(4)15/h5,9-12,16H,1-4H3/t5?,9-,10?,11?,12?/m0/s1. The van der Waals surface area contributed by atoms with Crippen LogP contribution in [0.5, 0.6) is 0 Å². The number of carbonyl (C=O) groups is 3. The molecule has 1 saturated heterocycles. The minimum absolute atomic E-state index is 0.611. The minimum atomic E-state index is -1.48. The summed E-state index contributed by atoms with van der Waals surface area (Å²) in [7, 11) is 0. The second kappa shape index (κ2) is 6.67. The van der Waals surface area contributed by atoms with Crippen LogP contribution in [0, 0.1) is 0 Å². The molecule has 0 bridgehead atoms. The lowest BCUT2D eigenvalue weighted by molar-refractivity contribution is -0.288. The normalized spacial score (nSPS) is 33.1. The first-order chi connectivity index (χ1) is 9.22. The summed E-state index contributed by atoms with van der Waals surface area (Å²) < 4.78 is 20.1. The number of ether oxygens (including phenoxy) is 4. The molecule has 4 unspecified atom stereocenters. The van der Waals surface area contributed by atoms with Gasteiger partial charge in [0.15, 0.2) is 24.6 Å². The van der Waals surface area contributed by atoms with E-state index in [1.165, 1.54) is 13.8 Å². The van der Waals surface area contributed by atoms with E-state index in [0.717, 1.165) is 13.8 Å². The number of hydrogen-bond donors (Lipinski definition) is 1. The smallest absolute Gasteiger partial charge is 0.303 e. The van der Waals surface area contributed by atoms with Gasteiger partial charge < -0.3 is 24.1 Å². The summed E-state index contributed by atoms with van der Waals surface area (Å²) in [4.78, 5) is 33.3. The number of aliphatic hydroxyl groups is 1. The van der Waals surface area contributed by atoms with Crippen LogP contribution in [0.3, 0.4) is 0 Å². The highest BCUT2D eigenvalue weighted by Gasteiger charge is 2.49. The fourth-order valence-electron chi connectivity index (χ4n) is 1.99. The van der Waals surface area contributed by atoms with Crippen molar-refractivity contribution in [2.24, 2.45) is 0 Å². The second-order valence-electron chi connectivity index (χ2n) is 4.45. The van der Waals surface area contributed by atoms with E-state index in [4.69, 9.17) is 18.9 Å². The summed E-state index contributed by atoms with van der Waals surface area (Å²) in [5.41, 5.74) is 0. The summed E-state index contributed by atoms with van der Waals surface area (Å²) >= 11 is 0. The molecule has 0 aliphatic carbocycles. The fourth-order valence-corrected chi connectivity index (χ4v) is 1.99. The molecule has 0 aromatic rings. The molecule has 114 valence electrons. The molecule has 5 atom stereocenters. The molecule has 1 N–H and O–H groups in total. The summed E-state index contributed by atoms with van der Waals surface area (Å²) in [5.74, 6) is -1.96. The van der Waals surface area contributed by atoms with Crippen molar-refractivity contribution < 1.29 is 38.4 Å². The number of rotatable bonds is 3. The van der Waals surface area contributed by atoms with E-state index in [-0.39, 0.29) is 0 Å². The molecule has 0 saturated carbocycles. The first-order valence-electron chi connectivity index (χ1n) is 6.07. The third kappa shape index (κ3) is 4.17. The minimum Gasteiger partial charge on any atom is -0.456 e. The highest BCUT2D eigenvalue weighted by molar-refractivity contribution is 5.68. The Morgan fingerprint density at radius 3 is 1.70 bits per heavy atom. The highest BCUT2D eigenvalue weighted by Crippen LogP contribution is 2.27. The molecule has 20 heavy (non-hydrogen) atoms. The number of hydrogen-bond acceptors (Lipinski definition) is 8. The Kier molecular flexibility index (Phi) is 5.46. The Morgan fingerprint density at radius 1 is 0.850 bits per heavy atom. The van der Waals surface area contributed by atoms with Crippen LogP contribution in [0.25, 0.3) is 0 Å². The molecule has 1 fully saturated rings. The predicted molar refractivity (Wildman–Crippen MR) is 63.2 cm³/mol. The van der Waals surface area contributed by atoms with Crippen LogP contribution < -0.4 is 0 Å². The van der Waals surface area contributed by atoms with Gasteiger partial charge in [-0.3, -0.25) is 14.4 Å². The van der Waals surface area contributed by atoms with Crippen molar-refractivity contribution in [1.29, 1.82) is 0 Å². The topological polar surface area (TPSA) is 108 Å². The molecule has 1 aliphatic rings. The Labute approximate surface area is 115 Å². The summed E-state index contributed by atoms with van der Waals surface area (Å²) in [6, 6.07) is 0. The summed E-state index contributed by atoms with van der Waals surface area (Å²) in [5, 5.41) is 9.79. The lowest BCUT2D eigenvalue weighted by atomic mass is 9.99. The third-order valence-corrected chi connectivity index (χ3v) is 2.65. The maximum atomic E-state index is 11.2. The van der Waals surface area contributed by atoms with Crippen molar-refractivity contribution in [3.8, 4) is 0 Å². The Bertz CT molecular complexity index is 365. The van der Waals surface area contributed by atoms with Gasteiger partial charge in [-0.1, -0.05) is 0 Å². The van der Waals surface area contributed by atoms with Gasteiger partial charge >= 0.3 is 17.9 Å². The predicted octanol–water partition coefficient (Wildman–Crippen LogP) is -0.481. The van der Waals surface area contributed by atoms with Gasteiger partial charge in [-0.2, -0.15) is 0 Å². The average Bonchev–Trinajstić information content (AvgIpc) is 2.27. The quantitative estimate of drug-likeness (QED) is 0.548. The molecule has 1 rings (SSSR count). The van der Waals surface area contributed by atoms with Gasteiger partial charge in [0.1, 0.15) is 0 Å².